The Bertz CT molecular complexity index is 479. The minimum Gasteiger partial charge on any atom is -0.317 e. The second-order valence-electron chi connectivity index (χ2n) is 4.73. The van der Waals surface area contributed by atoms with E-state index in [0.29, 0.717) is 23.0 Å². The van der Waals surface area contributed by atoms with Crippen LogP contribution in [0, 0.1) is 11.3 Å². The van der Waals surface area contributed by atoms with Crippen LogP contribution in [-0.4, -0.2) is 43.0 Å². The summed E-state index contributed by atoms with van der Waals surface area (Å²) in [5, 5.41) is 17.5. The maximum absolute atomic E-state index is 11.8. The Morgan fingerprint density at radius 2 is 2.58 bits per heavy atom. The molecule has 1 aromatic rings. The molecule has 0 aromatic carbocycles. The van der Waals surface area contributed by atoms with E-state index in [0.717, 1.165) is 26.2 Å². The molecule has 1 aliphatic rings. The first-order chi connectivity index (χ1) is 9.19. The standard InChI is InChI=1S/C13H18N4OS/c1-10-9-17(6-4-15-10)5-2-12(18)16-13-11(8-14)3-7-19-13/h3,7,10,15H,2,4-6,9H2,1H3,(H,16,18). The lowest BCUT2D eigenvalue weighted by Crippen LogP contribution is -2.49. The van der Waals surface area contributed by atoms with Gasteiger partial charge < -0.3 is 15.5 Å². The molecule has 1 aliphatic heterocycles. The Morgan fingerprint density at radius 1 is 1.74 bits per heavy atom. The van der Waals surface area contributed by atoms with Crippen LogP contribution in [0.5, 0.6) is 0 Å². The number of carbonyl (C=O) groups is 1. The van der Waals surface area contributed by atoms with Crippen LogP contribution in [0.25, 0.3) is 0 Å². The van der Waals surface area contributed by atoms with E-state index < -0.39 is 0 Å². The fourth-order valence-electron chi connectivity index (χ4n) is 2.16. The third kappa shape index (κ3) is 4.03. The van der Waals surface area contributed by atoms with Crippen LogP contribution in [-0.2, 0) is 4.79 Å². The minimum absolute atomic E-state index is 0.0230. The third-order valence-electron chi connectivity index (χ3n) is 3.15. The molecule has 0 spiro atoms. The van der Waals surface area contributed by atoms with Crippen molar-refractivity contribution in [3.63, 3.8) is 0 Å². The Balaban J connectivity index is 1.77. The molecule has 1 amide bonds. The fourth-order valence-corrected chi connectivity index (χ4v) is 2.91. The zero-order valence-electron chi connectivity index (χ0n) is 11.0. The summed E-state index contributed by atoms with van der Waals surface area (Å²) in [4.78, 5) is 14.1. The number of amides is 1. The second-order valence-corrected chi connectivity index (χ2v) is 5.65. The maximum atomic E-state index is 11.8. The van der Waals surface area contributed by atoms with E-state index in [4.69, 9.17) is 5.26 Å². The van der Waals surface area contributed by atoms with Gasteiger partial charge >= 0.3 is 0 Å². The van der Waals surface area contributed by atoms with Crippen molar-refractivity contribution in [3.05, 3.63) is 17.0 Å². The predicted molar refractivity (Wildman–Crippen MR) is 76.2 cm³/mol. The lowest BCUT2D eigenvalue weighted by molar-refractivity contribution is -0.116. The van der Waals surface area contributed by atoms with Crippen LogP contribution >= 0.6 is 11.3 Å². The summed E-state index contributed by atoms with van der Waals surface area (Å²) in [5.41, 5.74) is 0.536. The first-order valence-corrected chi connectivity index (χ1v) is 7.30. The van der Waals surface area contributed by atoms with Gasteiger partial charge in [-0.05, 0) is 18.4 Å². The molecule has 0 saturated carbocycles. The van der Waals surface area contributed by atoms with E-state index in [-0.39, 0.29) is 5.91 Å². The van der Waals surface area contributed by atoms with Crippen molar-refractivity contribution >= 4 is 22.2 Å². The molecule has 19 heavy (non-hydrogen) atoms. The van der Waals surface area contributed by atoms with Crippen LogP contribution < -0.4 is 10.6 Å². The Hall–Kier alpha value is -1.42. The summed E-state index contributed by atoms with van der Waals surface area (Å²) in [6.45, 7) is 5.87. The van der Waals surface area contributed by atoms with E-state index >= 15 is 0 Å². The molecule has 102 valence electrons. The van der Waals surface area contributed by atoms with Crippen molar-refractivity contribution in [2.45, 2.75) is 19.4 Å². The van der Waals surface area contributed by atoms with Crippen LogP contribution in [0.1, 0.15) is 18.9 Å². The van der Waals surface area contributed by atoms with Gasteiger partial charge in [0, 0.05) is 38.6 Å². The quantitative estimate of drug-likeness (QED) is 0.869. The third-order valence-corrected chi connectivity index (χ3v) is 3.98. The molecule has 6 heteroatoms. The fraction of sp³-hybridized carbons (Fsp3) is 0.538. The smallest absolute Gasteiger partial charge is 0.226 e. The lowest BCUT2D eigenvalue weighted by Gasteiger charge is -2.31. The number of hydrogen-bond acceptors (Lipinski definition) is 5. The normalized spacial score (nSPS) is 19.9. The van der Waals surface area contributed by atoms with E-state index in [1.165, 1.54) is 11.3 Å². The molecule has 0 bridgehead atoms. The Morgan fingerprint density at radius 3 is 3.32 bits per heavy atom. The number of carbonyl (C=O) groups excluding carboxylic acids is 1. The monoisotopic (exact) mass is 278 g/mol. The van der Waals surface area contributed by atoms with Gasteiger partial charge in [0.15, 0.2) is 0 Å². The molecule has 1 saturated heterocycles. The van der Waals surface area contributed by atoms with Gasteiger partial charge in [0.1, 0.15) is 11.1 Å². The summed E-state index contributed by atoms with van der Waals surface area (Å²) in [6.07, 6.45) is 0.468. The highest BCUT2D eigenvalue weighted by Gasteiger charge is 2.16. The van der Waals surface area contributed by atoms with Crippen LogP contribution in [0.2, 0.25) is 0 Å². The average molecular weight is 278 g/mol. The zero-order chi connectivity index (χ0) is 13.7. The highest BCUT2D eigenvalue weighted by Crippen LogP contribution is 2.22. The van der Waals surface area contributed by atoms with Crippen LogP contribution in [0.3, 0.4) is 0 Å². The average Bonchev–Trinajstić information content (AvgIpc) is 2.84. The predicted octanol–water partition coefficient (Wildman–Crippen LogP) is 1.24. The number of anilines is 1. The van der Waals surface area contributed by atoms with Crippen molar-refractivity contribution in [3.8, 4) is 6.07 Å². The number of nitriles is 1. The van der Waals surface area contributed by atoms with Crippen molar-refractivity contribution < 1.29 is 4.79 Å². The first kappa shape index (κ1) is 14.0. The highest BCUT2D eigenvalue weighted by molar-refractivity contribution is 7.14. The van der Waals surface area contributed by atoms with Gasteiger partial charge in [0.25, 0.3) is 0 Å². The zero-order valence-corrected chi connectivity index (χ0v) is 11.8. The Kier molecular flexibility index (Phi) is 4.91. The summed E-state index contributed by atoms with van der Waals surface area (Å²) < 4.78 is 0. The molecular weight excluding hydrogens is 260 g/mol. The molecule has 0 aliphatic carbocycles. The summed E-state index contributed by atoms with van der Waals surface area (Å²) in [5.74, 6) is -0.0230. The number of thiophene rings is 1. The number of rotatable bonds is 4. The topological polar surface area (TPSA) is 68.2 Å². The van der Waals surface area contributed by atoms with Gasteiger partial charge in [-0.2, -0.15) is 5.26 Å². The number of nitrogens with one attached hydrogen (secondary N) is 2. The molecule has 1 unspecified atom stereocenters. The van der Waals surface area contributed by atoms with Crippen molar-refractivity contribution in [1.29, 1.82) is 5.26 Å². The van der Waals surface area contributed by atoms with E-state index in [1.54, 1.807) is 6.07 Å². The largest absolute Gasteiger partial charge is 0.317 e. The van der Waals surface area contributed by atoms with Crippen molar-refractivity contribution in [2.24, 2.45) is 0 Å². The molecular formula is C13H18N4OS. The first-order valence-electron chi connectivity index (χ1n) is 6.42. The molecule has 0 radical (unpaired) electrons. The molecule has 2 rings (SSSR count). The van der Waals surface area contributed by atoms with E-state index in [1.807, 2.05) is 5.38 Å². The molecule has 2 N–H and O–H groups in total. The van der Waals surface area contributed by atoms with Gasteiger partial charge in [0.2, 0.25) is 5.91 Å². The molecule has 1 aromatic heterocycles. The van der Waals surface area contributed by atoms with Crippen LogP contribution in [0.4, 0.5) is 5.00 Å². The summed E-state index contributed by atoms with van der Waals surface area (Å²) in [7, 11) is 0. The van der Waals surface area contributed by atoms with Gasteiger partial charge in [-0.1, -0.05) is 0 Å². The minimum atomic E-state index is -0.0230. The summed E-state index contributed by atoms with van der Waals surface area (Å²) >= 11 is 1.39. The number of nitrogens with zero attached hydrogens (tertiary/aromatic N) is 2. The SMILES string of the molecule is CC1CN(CCC(=O)Nc2sccc2C#N)CCN1. The number of piperazine rings is 1. The van der Waals surface area contributed by atoms with Gasteiger partial charge in [-0.3, -0.25) is 4.79 Å². The lowest BCUT2D eigenvalue weighted by atomic mass is 10.2. The molecule has 1 fully saturated rings. The maximum Gasteiger partial charge on any atom is 0.226 e. The highest BCUT2D eigenvalue weighted by atomic mass is 32.1. The van der Waals surface area contributed by atoms with E-state index in [9.17, 15) is 4.79 Å². The second kappa shape index (κ2) is 6.66. The van der Waals surface area contributed by atoms with Crippen molar-refractivity contribution in [1.82, 2.24) is 10.2 Å². The molecule has 2 heterocycles. The van der Waals surface area contributed by atoms with Gasteiger partial charge in [-0.15, -0.1) is 11.3 Å². The summed E-state index contributed by atoms with van der Waals surface area (Å²) in [6, 6.07) is 4.28. The van der Waals surface area contributed by atoms with Crippen molar-refractivity contribution in [2.75, 3.05) is 31.5 Å². The Labute approximate surface area is 117 Å². The molecule has 5 nitrogen and oxygen atoms in total. The van der Waals surface area contributed by atoms with Gasteiger partial charge in [0.05, 0.1) is 5.56 Å². The van der Waals surface area contributed by atoms with E-state index in [2.05, 4.69) is 28.5 Å². The number of hydrogen-bond donors (Lipinski definition) is 2. The molecule has 1 atom stereocenters. The van der Waals surface area contributed by atoms with Crippen LogP contribution in [0.15, 0.2) is 11.4 Å². The van der Waals surface area contributed by atoms with Gasteiger partial charge in [-0.25, -0.2) is 0 Å².